The van der Waals surface area contributed by atoms with E-state index in [1.54, 1.807) is 13.0 Å². The van der Waals surface area contributed by atoms with Crippen molar-refractivity contribution < 1.29 is 19.5 Å². The molecule has 0 aliphatic carbocycles. The van der Waals surface area contributed by atoms with Crippen LogP contribution in [0.25, 0.3) is 0 Å². The van der Waals surface area contributed by atoms with Crippen LogP contribution in [0.1, 0.15) is 34.6 Å². The summed E-state index contributed by atoms with van der Waals surface area (Å²) in [7, 11) is 0. The SMILES string of the molecule is C=C(C)C(=O)c1cccc(C(=O)C(O)C(=O)C(=C)C)c1. The van der Waals surface area contributed by atoms with Gasteiger partial charge in [-0.3, -0.25) is 14.4 Å². The van der Waals surface area contributed by atoms with Crippen molar-refractivity contribution in [3.63, 3.8) is 0 Å². The van der Waals surface area contributed by atoms with Gasteiger partial charge in [-0.25, -0.2) is 0 Å². The van der Waals surface area contributed by atoms with Gasteiger partial charge in [0, 0.05) is 11.1 Å². The van der Waals surface area contributed by atoms with Crippen LogP contribution in [0.4, 0.5) is 0 Å². The van der Waals surface area contributed by atoms with Crippen LogP contribution in [0.5, 0.6) is 0 Å². The third-order valence-electron chi connectivity index (χ3n) is 2.71. The summed E-state index contributed by atoms with van der Waals surface area (Å²) in [6.45, 7) is 9.92. The molecule has 1 atom stereocenters. The molecule has 104 valence electrons. The van der Waals surface area contributed by atoms with Gasteiger partial charge in [0.05, 0.1) is 0 Å². The number of carbonyl (C=O) groups excluding carboxylic acids is 3. The summed E-state index contributed by atoms with van der Waals surface area (Å²) in [5.41, 5.74) is 0.825. The Morgan fingerprint density at radius 1 is 1.05 bits per heavy atom. The maximum Gasteiger partial charge on any atom is 0.199 e. The van der Waals surface area contributed by atoms with E-state index in [9.17, 15) is 19.5 Å². The molecule has 0 aromatic heterocycles. The van der Waals surface area contributed by atoms with Gasteiger partial charge in [0.2, 0.25) is 0 Å². The van der Waals surface area contributed by atoms with E-state index in [1.807, 2.05) is 0 Å². The van der Waals surface area contributed by atoms with Crippen LogP contribution < -0.4 is 0 Å². The van der Waals surface area contributed by atoms with E-state index in [2.05, 4.69) is 13.2 Å². The average Bonchev–Trinajstić information content (AvgIpc) is 2.43. The highest BCUT2D eigenvalue weighted by atomic mass is 16.3. The van der Waals surface area contributed by atoms with Crippen LogP contribution in [0.3, 0.4) is 0 Å². The van der Waals surface area contributed by atoms with Gasteiger partial charge in [0.25, 0.3) is 0 Å². The molecule has 0 aliphatic heterocycles. The Morgan fingerprint density at radius 2 is 1.60 bits per heavy atom. The smallest absolute Gasteiger partial charge is 0.199 e. The number of hydrogen-bond acceptors (Lipinski definition) is 4. The van der Waals surface area contributed by atoms with Crippen molar-refractivity contribution in [1.29, 1.82) is 0 Å². The number of hydrogen-bond donors (Lipinski definition) is 1. The summed E-state index contributed by atoms with van der Waals surface area (Å²) in [5, 5.41) is 9.69. The molecule has 0 saturated carbocycles. The van der Waals surface area contributed by atoms with Crippen molar-refractivity contribution >= 4 is 17.3 Å². The topological polar surface area (TPSA) is 71.4 Å². The third kappa shape index (κ3) is 3.36. The molecule has 20 heavy (non-hydrogen) atoms. The van der Waals surface area contributed by atoms with Crippen LogP contribution in [-0.2, 0) is 4.79 Å². The summed E-state index contributed by atoms with van der Waals surface area (Å²) < 4.78 is 0. The molecule has 0 heterocycles. The minimum atomic E-state index is -1.79. The van der Waals surface area contributed by atoms with E-state index < -0.39 is 17.7 Å². The van der Waals surface area contributed by atoms with E-state index in [-0.39, 0.29) is 16.9 Å². The predicted molar refractivity (Wildman–Crippen MR) is 75.7 cm³/mol. The Bertz CT molecular complexity index is 611. The summed E-state index contributed by atoms with van der Waals surface area (Å²) in [4.78, 5) is 35.3. The number of ketones is 3. The second kappa shape index (κ2) is 6.21. The predicted octanol–water partition coefficient (Wildman–Crippen LogP) is 2.13. The van der Waals surface area contributed by atoms with Crippen LogP contribution in [0.2, 0.25) is 0 Å². The minimum absolute atomic E-state index is 0.0965. The first kappa shape index (κ1) is 15.7. The number of benzene rings is 1. The Morgan fingerprint density at radius 3 is 2.10 bits per heavy atom. The molecule has 1 aromatic rings. The van der Waals surface area contributed by atoms with E-state index in [0.29, 0.717) is 11.1 Å². The number of aliphatic hydroxyl groups is 1. The lowest BCUT2D eigenvalue weighted by atomic mass is 9.97. The number of carbonyl (C=O) groups is 3. The largest absolute Gasteiger partial charge is 0.377 e. The lowest BCUT2D eigenvalue weighted by molar-refractivity contribution is -0.121. The summed E-state index contributed by atoms with van der Waals surface area (Å²) in [6, 6.07) is 5.84. The molecule has 1 aromatic carbocycles. The van der Waals surface area contributed by atoms with E-state index in [0.717, 1.165) is 0 Å². The van der Waals surface area contributed by atoms with E-state index in [4.69, 9.17) is 0 Å². The van der Waals surface area contributed by atoms with Gasteiger partial charge < -0.3 is 5.11 Å². The number of rotatable bonds is 6. The normalized spacial score (nSPS) is 11.6. The maximum absolute atomic E-state index is 12.0. The molecule has 4 heteroatoms. The number of aliphatic hydroxyl groups excluding tert-OH is 1. The van der Waals surface area contributed by atoms with Gasteiger partial charge in [0.15, 0.2) is 23.5 Å². The highest BCUT2D eigenvalue weighted by Crippen LogP contribution is 2.13. The first-order valence-electron chi connectivity index (χ1n) is 5.98. The van der Waals surface area contributed by atoms with Crippen molar-refractivity contribution in [2.24, 2.45) is 0 Å². The standard InChI is InChI=1S/C16H16O4/c1-9(2)13(17)11-6-5-7-12(8-11)15(19)16(20)14(18)10(3)4/h5-8,16,20H,1,3H2,2,4H3. The molecular formula is C16H16O4. The van der Waals surface area contributed by atoms with Crippen LogP contribution >= 0.6 is 0 Å². The lowest BCUT2D eigenvalue weighted by Gasteiger charge is -2.09. The molecular weight excluding hydrogens is 256 g/mol. The van der Waals surface area contributed by atoms with Crippen molar-refractivity contribution in [2.45, 2.75) is 20.0 Å². The van der Waals surface area contributed by atoms with Crippen molar-refractivity contribution in [2.75, 3.05) is 0 Å². The monoisotopic (exact) mass is 272 g/mol. The fourth-order valence-electron chi connectivity index (χ4n) is 1.57. The van der Waals surface area contributed by atoms with Crippen molar-refractivity contribution in [3.05, 3.63) is 59.7 Å². The molecule has 1 rings (SSSR count). The van der Waals surface area contributed by atoms with Crippen LogP contribution in [0, 0.1) is 0 Å². The number of Topliss-reactive ketones (excluding diaryl/α,β-unsaturated/α-hetero) is 3. The van der Waals surface area contributed by atoms with Gasteiger partial charge in [-0.05, 0) is 31.1 Å². The minimum Gasteiger partial charge on any atom is -0.377 e. The fourth-order valence-corrected chi connectivity index (χ4v) is 1.57. The molecule has 0 amide bonds. The number of allylic oxidation sites excluding steroid dienone is 1. The third-order valence-corrected chi connectivity index (χ3v) is 2.71. The highest BCUT2D eigenvalue weighted by molar-refractivity contribution is 6.18. The second-order valence-corrected chi connectivity index (χ2v) is 4.60. The van der Waals surface area contributed by atoms with Gasteiger partial charge in [-0.15, -0.1) is 0 Å². The summed E-state index contributed by atoms with van der Waals surface area (Å²) in [5.74, 6) is -1.78. The molecule has 1 N–H and O–H groups in total. The zero-order valence-corrected chi connectivity index (χ0v) is 11.5. The molecule has 1 unspecified atom stereocenters. The zero-order valence-electron chi connectivity index (χ0n) is 11.5. The fraction of sp³-hybridized carbons (Fsp3) is 0.188. The molecule has 0 radical (unpaired) electrons. The Kier molecular flexibility index (Phi) is 4.88. The van der Waals surface area contributed by atoms with Gasteiger partial charge >= 0.3 is 0 Å². The van der Waals surface area contributed by atoms with Crippen LogP contribution in [0.15, 0.2) is 48.6 Å². The first-order chi connectivity index (χ1) is 9.25. The quantitative estimate of drug-likeness (QED) is 0.489. The first-order valence-corrected chi connectivity index (χ1v) is 5.98. The molecule has 0 bridgehead atoms. The molecule has 0 saturated heterocycles. The van der Waals surface area contributed by atoms with Crippen molar-refractivity contribution in [1.82, 2.24) is 0 Å². The lowest BCUT2D eigenvalue weighted by Crippen LogP contribution is -2.30. The van der Waals surface area contributed by atoms with E-state index in [1.165, 1.54) is 25.1 Å². The van der Waals surface area contributed by atoms with Crippen molar-refractivity contribution in [3.8, 4) is 0 Å². The second-order valence-electron chi connectivity index (χ2n) is 4.60. The van der Waals surface area contributed by atoms with Gasteiger partial charge in [-0.2, -0.15) is 0 Å². The summed E-state index contributed by atoms with van der Waals surface area (Å²) >= 11 is 0. The Balaban J connectivity index is 3.09. The molecule has 0 fully saturated rings. The Labute approximate surface area is 117 Å². The zero-order chi connectivity index (χ0) is 15.4. The highest BCUT2D eigenvalue weighted by Gasteiger charge is 2.25. The maximum atomic E-state index is 12.0. The van der Waals surface area contributed by atoms with E-state index >= 15 is 0 Å². The van der Waals surface area contributed by atoms with Gasteiger partial charge in [0.1, 0.15) is 0 Å². The average molecular weight is 272 g/mol. The molecule has 4 nitrogen and oxygen atoms in total. The molecule has 0 spiro atoms. The Hall–Kier alpha value is -2.33. The summed E-state index contributed by atoms with van der Waals surface area (Å²) in [6.07, 6.45) is -1.79. The van der Waals surface area contributed by atoms with Crippen LogP contribution in [-0.4, -0.2) is 28.6 Å². The van der Waals surface area contributed by atoms with Gasteiger partial charge in [-0.1, -0.05) is 31.4 Å². The molecule has 0 aliphatic rings.